The zero-order valence-electron chi connectivity index (χ0n) is 13.0. The van der Waals surface area contributed by atoms with Crippen molar-refractivity contribution in [2.45, 2.75) is 32.8 Å². The minimum absolute atomic E-state index is 0. The van der Waals surface area contributed by atoms with Gasteiger partial charge < -0.3 is 20.3 Å². The molecule has 1 fully saturated rings. The molecule has 1 amide bonds. The third-order valence-electron chi connectivity index (χ3n) is 2.82. The van der Waals surface area contributed by atoms with Crippen molar-refractivity contribution < 1.29 is 13.9 Å². The van der Waals surface area contributed by atoms with Crippen LogP contribution in [0.4, 0.5) is 9.18 Å². The Morgan fingerprint density at radius 2 is 1.76 bits per heavy atom. The predicted molar refractivity (Wildman–Crippen MR) is 91.9 cm³/mol. The van der Waals surface area contributed by atoms with E-state index in [2.05, 4.69) is 4.99 Å². The molecule has 0 aromatic heterocycles. The van der Waals surface area contributed by atoms with Crippen molar-refractivity contribution in [3.8, 4) is 0 Å². The molecule has 1 aliphatic rings. The van der Waals surface area contributed by atoms with Crippen molar-refractivity contribution in [2.75, 3.05) is 39.4 Å². The van der Waals surface area contributed by atoms with Gasteiger partial charge in [0.2, 0.25) is 0 Å². The average Bonchev–Trinajstić information content (AvgIpc) is 2.37. The van der Waals surface area contributed by atoms with Crippen LogP contribution < -0.4 is 5.73 Å². The Kier molecular flexibility index (Phi) is 8.91. The SMILES string of the molecule is CC(C)(C)OC(=O)N1CCN(C(N)=NCCCF)CC1.I. The van der Waals surface area contributed by atoms with Crippen molar-refractivity contribution in [3.63, 3.8) is 0 Å². The first-order valence-electron chi connectivity index (χ1n) is 6.92. The molecular weight excluding hydrogens is 390 g/mol. The zero-order chi connectivity index (χ0) is 15.2. The maximum absolute atomic E-state index is 12.0. The topological polar surface area (TPSA) is 71.2 Å². The summed E-state index contributed by atoms with van der Waals surface area (Å²) in [5.41, 5.74) is 5.35. The average molecular weight is 416 g/mol. The van der Waals surface area contributed by atoms with Gasteiger partial charge in [-0.05, 0) is 27.2 Å². The highest BCUT2D eigenvalue weighted by molar-refractivity contribution is 14.0. The van der Waals surface area contributed by atoms with Gasteiger partial charge in [-0.3, -0.25) is 9.38 Å². The summed E-state index contributed by atoms with van der Waals surface area (Å²) in [4.78, 5) is 19.6. The fraction of sp³-hybridized carbons (Fsp3) is 0.846. The summed E-state index contributed by atoms with van der Waals surface area (Å²) in [6, 6.07) is 0. The highest BCUT2D eigenvalue weighted by Crippen LogP contribution is 2.11. The molecule has 2 N–H and O–H groups in total. The van der Waals surface area contributed by atoms with Crippen molar-refractivity contribution in [2.24, 2.45) is 10.7 Å². The van der Waals surface area contributed by atoms with Crippen LogP contribution in [0, 0.1) is 0 Å². The quantitative estimate of drug-likeness (QED) is 0.330. The van der Waals surface area contributed by atoms with E-state index in [1.54, 1.807) is 4.90 Å². The number of guanidine groups is 1. The second-order valence-corrected chi connectivity index (χ2v) is 5.74. The standard InChI is InChI=1S/C13H25FN4O2.HI/c1-13(2,3)20-12(19)18-9-7-17(8-10-18)11(15)16-6-4-5-14;/h4-10H2,1-3H3,(H2,15,16);1H. The number of amides is 1. The number of carbonyl (C=O) groups excluding carboxylic acids is 1. The number of nitrogens with two attached hydrogens (primary N) is 1. The van der Waals surface area contributed by atoms with E-state index in [-0.39, 0.29) is 36.7 Å². The van der Waals surface area contributed by atoms with Gasteiger partial charge in [-0.2, -0.15) is 0 Å². The second-order valence-electron chi connectivity index (χ2n) is 5.74. The number of alkyl halides is 1. The molecule has 0 aromatic rings. The third-order valence-corrected chi connectivity index (χ3v) is 2.82. The Morgan fingerprint density at radius 3 is 2.24 bits per heavy atom. The van der Waals surface area contributed by atoms with E-state index < -0.39 is 5.60 Å². The van der Waals surface area contributed by atoms with Gasteiger partial charge in [0.15, 0.2) is 5.96 Å². The number of aliphatic imine (C=N–C) groups is 1. The van der Waals surface area contributed by atoms with E-state index in [0.717, 1.165) is 0 Å². The van der Waals surface area contributed by atoms with Crippen LogP contribution >= 0.6 is 24.0 Å². The van der Waals surface area contributed by atoms with E-state index in [9.17, 15) is 9.18 Å². The lowest BCUT2D eigenvalue weighted by atomic mass is 10.2. The highest BCUT2D eigenvalue weighted by atomic mass is 127. The van der Waals surface area contributed by atoms with E-state index in [0.29, 0.717) is 45.1 Å². The molecule has 0 aliphatic carbocycles. The maximum atomic E-state index is 12.0. The summed E-state index contributed by atoms with van der Waals surface area (Å²) in [6.07, 6.45) is 0.0866. The first-order valence-corrected chi connectivity index (χ1v) is 6.92. The number of halogens is 2. The lowest BCUT2D eigenvalue weighted by Crippen LogP contribution is -2.53. The predicted octanol–water partition coefficient (Wildman–Crippen LogP) is 1.83. The number of piperazine rings is 1. The van der Waals surface area contributed by atoms with Crippen molar-refractivity contribution in [1.82, 2.24) is 9.80 Å². The van der Waals surface area contributed by atoms with Gasteiger partial charge in [0.05, 0.1) is 6.67 Å². The monoisotopic (exact) mass is 416 g/mol. The van der Waals surface area contributed by atoms with E-state index in [4.69, 9.17) is 10.5 Å². The van der Waals surface area contributed by atoms with Crippen LogP contribution in [0.3, 0.4) is 0 Å². The molecule has 0 aromatic carbocycles. The molecule has 6 nitrogen and oxygen atoms in total. The Hall–Kier alpha value is -0.800. The fourth-order valence-electron chi connectivity index (χ4n) is 1.80. The molecule has 8 heteroatoms. The minimum Gasteiger partial charge on any atom is -0.444 e. The smallest absolute Gasteiger partial charge is 0.410 e. The third kappa shape index (κ3) is 7.68. The Morgan fingerprint density at radius 1 is 1.24 bits per heavy atom. The van der Waals surface area contributed by atoms with E-state index >= 15 is 0 Å². The Labute approximate surface area is 142 Å². The molecule has 0 spiro atoms. The van der Waals surface area contributed by atoms with Crippen LogP contribution in [-0.4, -0.2) is 66.9 Å². The second kappa shape index (κ2) is 9.26. The molecule has 1 aliphatic heterocycles. The number of hydrogen-bond donors (Lipinski definition) is 1. The first-order chi connectivity index (χ1) is 9.33. The van der Waals surface area contributed by atoms with Crippen molar-refractivity contribution in [3.05, 3.63) is 0 Å². The van der Waals surface area contributed by atoms with E-state index in [1.807, 2.05) is 25.7 Å². The zero-order valence-corrected chi connectivity index (χ0v) is 15.3. The Bertz CT molecular complexity index is 353. The van der Waals surface area contributed by atoms with Gasteiger partial charge in [-0.15, -0.1) is 24.0 Å². The van der Waals surface area contributed by atoms with Gasteiger partial charge in [0.25, 0.3) is 0 Å². The van der Waals surface area contributed by atoms with Crippen LogP contribution in [-0.2, 0) is 4.74 Å². The summed E-state index contributed by atoms with van der Waals surface area (Å²) in [5, 5.41) is 0. The van der Waals surface area contributed by atoms with Crippen molar-refractivity contribution >= 4 is 36.0 Å². The van der Waals surface area contributed by atoms with Gasteiger partial charge in [0.1, 0.15) is 5.60 Å². The van der Waals surface area contributed by atoms with Crippen LogP contribution in [0.2, 0.25) is 0 Å². The number of nitrogens with zero attached hydrogens (tertiary/aromatic N) is 3. The van der Waals surface area contributed by atoms with Crippen LogP contribution in [0.1, 0.15) is 27.2 Å². The van der Waals surface area contributed by atoms with Crippen molar-refractivity contribution in [1.29, 1.82) is 0 Å². The van der Waals surface area contributed by atoms with Gasteiger partial charge in [-0.25, -0.2) is 4.79 Å². The summed E-state index contributed by atoms with van der Waals surface area (Å²) in [6.45, 7) is 7.87. The molecule has 0 saturated carbocycles. The molecule has 0 bridgehead atoms. The Balaban J connectivity index is 0.00000400. The lowest BCUT2D eigenvalue weighted by Gasteiger charge is -2.36. The molecule has 0 radical (unpaired) electrons. The fourth-order valence-corrected chi connectivity index (χ4v) is 1.80. The van der Waals surface area contributed by atoms with Gasteiger partial charge in [0, 0.05) is 32.7 Å². The largest absolute Gasteiger partial charge is 0.444 e. The number of hydrogen-bond acceptors (Lipinski definition) is 3. The van der Waals surface area contributed by atoms with Crippen LogP contribution in [0.25, 0.3) is 0 Å². The number of ether oxygens (including phenoxy) is 1. The summed E-state index contributed by atoms with van der Waals surface area (Å²) in [7, 11) is 0. The molecule has 1 rings (SSSR count). The van der Waals surface area contributed by atoms with Gasteiger partial charge >= 0.3 is 6.09 Å². The van der Waals surface area contributed by atoms with E-state index in [1.165, 1.54) is 0 Å². The first kappa shape index (κ1) is 20.2. The van der Waals surface area contributed by atoms with Crippen LogP contribution in [0.15, 0.2) is 4.99 Å². The molecule has 1 heterocycles. The maximum Gasteiger partial charge on any atom is 0.410 e. The molecule has 21 heavy (non-hydrogen) atoms. The van der Waals surface area contributed by atoms with Gasteiger partial charge in [-0.1, -0.05) is 0 Å². The normalized spacial score (nSPS) is 16.5. The molecule has 0 atom stereocenters. The minimum atomic E-state index is -0.485. The summed E-state index contributed by atoms with van der Waals surface area (Å²) in [5.74, 6) is 0.419. The lowest BCUT2D eigenvalue weighted by molar-refractivity contribution is 0.0186. The molecule has 1 saturated heterocycles. The number of carbonyl (C=O) groups is 1. The highest BCUT2D eigenvalue weighted by Gasteiger charge is 2.26. The molecule has 124 valence electrons. The molecular formula is C13H26FIN4O2. The molecule has 0 unspecified atom stereocenters. The number of rotatable bonds is 3. The summed E-state index contributed by atoms with van der Waals surface area (Å²) >= 11 is 0. The summed E-state index contributed by atoms with van der Waals surface area (Å²) < 4.78 is 17.3. The van der Waals surface area contributed by atoms with Crippen LogP contribution in [0.5, 0.6) is 0 Å².